The average Bonchev–Trinajstić information content (AvgIpc) is 3.31. The topological polar surface area (TPSA) is 35.5 Å². The summed E-state index contributed by atoms with van der Waals surface area (Å²) in [5, 5.41) is 0.861. The molecule has 121 valence electrons. The number of ether oxygens (including phenoxy) is 1. The van der Waals surface area contributed by atoms with E-state index >= 15 is 0 Å². The Balaban J connectivity index is 1.78. The number of rotatable bonds is 4. The van der Waals surface area contributed by atoms with Crippen LogP contribution in [0.15, 0.2) is 82.0 Å². The standard InChI is InChI=1S/C21H15O3Si/c1-22-17-9-7-14(8-10-17)15-4-2-5-16(12-15)21-20(19(25)13-24-21)18-6-3-11-23-18/h2-13H,1H3. The SMILES string of the molecule is COc1ccc(-c2cccc(-c3occ([Si])c3-c3ccco3)c2)cc1. The van der Waals surface area contributed by atoms with Crippen LogP contribution in [0.1, 0.15) is 0 Å². The third kappa shape index (κ3) is 2.92. The van der Waals surface area contributed by atoms with E-state index in [0.29, 0.717) is 0 Å². The number of furan rings is 2. The molecule has 4 heteroatoms. The minimum atomic E-state index is 0.767. The third-order valence-corrected chi connectivity index (χ3v) is 4.47. The molecule has 0 amide bonds. The van der Waals surface area contributed by atoms with Gasteiger partial charge in [-0.25, -0.2) is 0 Å². The van der Waals surface area contributed by atoms with Crippen LogP contribution in [-0.4, -0.2) is 17.4 Å². The lowest BCUT2D eigenvalue weighted by Gasteiger charge is -2.07. The zero-order valence-corrected chi connectivity index (χ0v) is 14.7. The van der Waals surface area contributed by atoms with Crippen molar-refractivity contribution in [2.75, 3.05) is 7.11 Å². The van der Waals surface area contributed by atoms with E-state index in [-0.39, 0.29) is 0 Å². The van der Waals surface area contributed by atoms with Gasteiger partial charge < -0.3 is 13.6 Å². The molecule has 0 aliphatic rings. The maximum Gasteiger partial charge on any atom is 0.144 e. The van der Waals surface area contributed by atoms with Crippen LogP contribution in [0.5, 0.6) is 5.75 Å². The molecule has 4 aromatic rings. The molecule has 25 heavy (non-hydrogen) atoms. The summed E-state index contributed by atoms with van der Waals surface area (Å²) >= 11 is 0. The van der Waals surface area contributed by atoms with E-state index in [2.05, 4.69) is 22.4 Å². The van der Waals surface area contributed by atoms with Gasteiger partial charge in [0.15, 0.2) is 0 Å². The first-order valence-corrected chi connectivity index (χ1v) is 8.38. The van der Waals surface area contributed by atoms with E-state index in [1.54, 1.807) is 19.6 Å². The Hall–Kier alpha value is -2.98. The Morgan fingerprint density at radius 3 is 2.36 bits per heavy atom. The maximum absolute atomic E-state index is 5.80. The van der Waals surface area contributed by atoms with Crippen molar-refractivity contribution in [1.29, 1.82) is 0 Å². The Morgan fingerprint density at radius 2 is 1.64 bits per heavy atom. The van der Waals surface area contributed by atoms with Gasteiger partial charge in [-0.2, -0.15) is 0 Å². The van der Waals surface area contributed by atoms with Gasteiger partial charge in [0.2, 0.25) is 0 Å². The van der Waals surface area contributed by atoms with Gasteiger partial charge in [0.05, 0.1) is 35.4 Å². The molecule has 0 saturated heterocycles. The first-order chi connectivity index (χ1) is 12.3. The van der Waals surface area contributed by atoms with Gasteiger partial charge in [0.1, 0.15) is 17.3 Å². The van der Waals surface area contributed by atoms with Crippen LogP contribution < -0.4 is 9.92 Å². The molecule has 3 radical (unpaired) electrons. The minimum absolute atomic E-state index is 0.767. The molecule has 4 rings (SSSR count). The van der Waals surface area contributed by atoms with Crippen LogP contribution in [-0.2, 0) is 0 Å². The molecule has 0 aliphatic heterocycles. The van der Waals surface area contributed by atoms with Gasteiger partial charge in [-0.15, -0.1) is 0 Å². The number of hydrogen-bond acceptors (Lipinski definition) is 3. The van der Waals surface area contributed by atoms with Gasteiger partial charge in [-0.05, 0) is 46.6 Å². The van der Waals surface area contributed by atoms with Gasteiger partial charge in [-0.3, -0.25) is 0 Å². The molecule has 0 fully saturated rings. The van der Waals surface area contributed by atoms with Crippen molar-refractivity contribution in [2.45, 2.75) is 0 Å². The molecule has 0 atom stereocenters. The maximum atomic E-state index is 5.80. The fraction of sp³-hybridized carbons (Fsp3) is 0.0476. The molecule has 0 unspecified atom stereocenters. The van der Waals surface area contributed by atoms with Crippen LogP contribution in [0.25, 0.3) is 33.8 Å². The van der Waals surface area contributed by atoms with Crippen molar-refractivity contribution in [3.8, 4) is 39.5 Å². The van der Waals surface area contributed by atoms with Crippen molar-refractivity contribution in [3.05, 3.63) is 73.2 Å². The zero-order valence-electron chi connectivity index (χ0n) is 13.7. The lowest BCUT2D eigenvalue weighted by atomic mass is 10.00. The monoisotopic (exact) mass is 343 g/mol. The van der Waals surface area contributed by atoms with E-state index in [1.807, 2.05) is 48.5 Å². The highest BCUT2D eigenvalue weighted by molar-refractivity contribution is 6.36. The summed E-state index contributed by atoms with van der Waals surface area (Å²) in [7, 11) is 5.27. The fourth-order valence-electron chi connectivity index (χ4n) is 2.86. The van der Waals surface area contributed by atoms with Crippen molar-refractivity contribution in [1.82, 2.24) is 0 Å². The molecule has 0 saturated carbocycles. The number of benzene rings is 2. The lowest BCUT2D eigenvalue weighted by Crippen LogP contribution is -2.01. The van der Waals surface area contributed by atoms with Crippen molar-refractivity contribution >= 4 is 15.4 Å². The lowest BCUT2D eigenvalue weighted by molar-refractivity contribution is 0.415. The molecule has 0 N–H and O–H groups in total. The smallest absolute Gasteiger partial charge is 0.144 e. The van der Waals surface area contributed by atoms with Gasteiger partial charge in [-0.1, -0.05) is 30.3 Å². The van der Waals surface area contributed by atoms with Crippen molar-refractivity contribution in [3.63, 3.8) is 0 Å². The van der Waals surface area contributed by atoms with Gasteiger partial charge in [0, 0.05) is 5.56 Å². The second kappa shape index (κ2) is 6.49. The highest BCUT2D eigenvalue weighted by Gasteiger charge is 2.17. The van der Waals surface area contributed by atoms with E-state index in [9.17, 15) is 0 Å². The summed E-state index contributed by atoms with van der Waals surface area (Å²) in [6.45, 7) is 0. The second-order valence-corrected chi connectivity index (χ2v) is 6.18. The quantitative estimate of drug-likeness (QED) is 0.505. The summed E-state index contributed by atoms with van der Waals surface area (Å²) in [5.74, 6) is 2.38. The predicted molar refractivity (Wildman–Crippen MR) is 99.2 cm³/mol. The second-order valence-electron chi connectivity index (χ2n) is 5.64. The molecular formula is C21H15O3Si. The first-order valence-electron chi connectivity index (χ1n) is 7.88. The van der Waals surface area contributed by atoms with Crippen molar-refractivity contribution in [2.24, 2.45) is 0 Å². The van der Waals surface area contributed by atoms with E-state index in [0.717, 1.165) is 44.7 Å². The van der Waals surface area contributed by atoms with E-state index in [1.165, 1.54) is 0 Å². The largest absolute Gasteiger partial charge is 0.497 e. The van der Waals surface area contributed by atoms with E-state index in [4.69, 9.17) is 13.6 Å². The Labute approximate surface area is 149 Å². The number of hydrogen-bond donors (Lipinski definition) is 0. The van der Waals surface area contributed by atoms with Gasteiger partial charge >= 0.3 is 0 Å². The summed E-state index contributed by atoms with van der Waals surface area (Å²) in [6.07, 6.45) is 3.34. The molecular weight excluding hydrogens is 328 g/mol. The fourth-order valence-corrected chi connectivity index (χ4v) is 3.15. The normalized spacial score (nSPS) is 10.8. The van der Waals surface area contributed by atoms with Crippen LogP contribution >= 0.6 is 0 Å². The molecule has 0 bridgehead atoms. The van der Waals surface area contributed by atoms with E-state index < -0.39 is 0 Å². The first kappa shape index (κ1) is 15.5. The zero-order chi connectivity index (χ0) is 17.2. The highest BCUT2D eigenvalue weighted by atomic mass is 28.1. The van der Waals surface area contributed by atoms with Crippen LogP contribution in [0, 0.1) is 0 Å². The van der Waals surface area contributed by atoms with Gasteiger partial charge in [0.25, 0.3) is 0 Å². The van der Waals surface area contributed by atoms with Crippen molar-refractivity contribution < 1.29 is 13.6 Å². The predicted octanol–water partition coefficient (Wildman–Crippen LogP) is 4.68. The summed E-state index contributed by atoms with van der Waals surface area (Å²) in [4.78, 5) is 0. The Morgan fingerprint density at radius 1 is 0.840 bits per heavy atom. The van der Waals surface area contributed by atoms with Crippen LogP contribution in [0.4, 0.5) is 0 Å². The molecule has 3 nitrogen and oxygen atoms in total. The molecule has 0 aliphatic carbocycles. The van der Waals surface area contributed by atoms with Crippen LogP contribution in [0.3, 0.4) is 0 Å². The number of methoxy groups -OCH3 is 1. The minimum Gasteiger partial charge on any atom is -0.497 e. The Bertz CT molecular complexity index is 982. The highest BCUT2D eigenvalue weighted by Crippen LogP contribution is 2.34. The molecule has 2 aromatic heterocycles. The van der Waals surface area contributed by atoms with Crippen LogP contribution in [0.2, 0.25) is 0 Å². The summed E-state index contributed by atoms with van der Waals surface area (Å²) in [5.41, 5.74) is 4.13. The molecule has 2 heterocycles. The molecule has 2 aromatic carbocycles. The summed E-state index contributed by atoms with van der Waals surface area (Å²) in [6, 6.07) is 20.0. The third-order valence-electron chi connectivity index (χ3n) is 4.11. The Kier molecular flexibility index (Phi) is 4.03. The summed E-state index contributed by atoms with van der Waals surface area (Å²) < 4.78 is 16.6. The average molecular weight is 343 g/mol. The molecule has 0 spiro atoms.